The molecule has 4 heteroatoms. The lowest BCUT2D eigenvalue weighted by Crippen LogP contribution is -2.49. The summed E-state index contributed by atoms with van der Waals surface area (Å²) in [5, 5.41) is 11.0. The molecule has 118 valence electrons. The van der Waals surface area contributed by atoms with E-state index in [4.69, 9.17) is 0 Å². The molecule has 1 amide bonds. The molecule has 1 aliphatic heterocycles. The third kappa shape index (κ3) is 2.55. The van der Waals surface area contributed by atoms with Gasteiger partial charge in [0.25, 0.3) is 5.91 Å². The van der Waals surface area contributed by atoms with Crippen LogP contribution in [-0.4, -0.2) is 34.6 Å². The number of likely N-dealkylation sites (tertiary alicyclic amines) is 1. The van der Waals surface area contributed by atoms with Gasteiger partial charge < -0.3 is 10.0 Å². The monoisotopic (exact) mass is 317 g/mol. The van der Waals surface area contributed by atoms with Crippen molar-refractivity contribution in [3.05, 3.63) is 34.7 Å². The number of aliphatic hydroxyl groups is 1. The molecular formula is C18H23NO2S. The van der Waals surface area contributed by atoms with Crippen molar-refractivity contribution in [1.82, 2.24) is 4.90 Å². The van der Waals surface area contributed by atoms with E-state index in [2.05, 4.69) is 32.0 Å². The Morgan fingerprint density at radius 1 is 1.41 bits per heavy atom. The van der Waals surface area contributed by atoms with Crippen molar-refractivity contribution in [2.75, 3.05) is 13.2 Å². The smallest absolute Gasteiger partial charge is 0.264 e. The fraction of sp³-hybridized carbons (Fsp3) is 0.500. The Morgan fingerprint density at radius 2 is 2.23 bits per heavy atom. The van der Waals surface area contributed by atoms with Gasteiger partial charge >= 0.3 is 0 Å². The summed E-state index contributed by atoms with van der Waals surface area (Å²) in [6, 6.07) is 8.29. The Balaban J connectivity index is 1.94. The molecule has 22 heavy (non-hydrogen) atoms. The van der Waals surface area contributed by atoms with Gasteiger partial charge in [0.15, 0.2) is 0 Å². The van der Waals surface area contributed by atoms with Crippen LogP contribution in [0.1, 0.15) is 47.8 Å². The number of rotatable bonds is 4. The van der Waals surface area contributed by atoms with Crippen LogP contribution < -0.4 is 0 Å². The van der Waals surface area contributed by atoms with Crippen LogP contribution in [0.5, 0.6) is 0 Å². The predicted molar refractivity (Wildman–Crippen MR) is 91.6 cm³/mol. The Bertz CT molecular complexity index is 693. The van der Waals surface area contributed by atoms with E-state index >= 15 is 0 Å². The maximum Gasteiger partial charge on any atom is 0.264 e. The quantitative estimate of drug-likeness (QED) is 0.926. The molecule has 1 N–H and O–H groups in total. The van der Waals surface area contributed by atoms with Gasteiger partial charge in [0.1, 0.15) is 0 Å². The number of aryl methyl sites for hydroxylation is 1. The normalized spacial score (nSPS) is 21.7. The lowest BCUT2D eigenvalue weighted by molar-refractivity contribution is 0.0381. The lowest BCUT2D eigenvalue weighted by Gasteiger charge is -2.36. The average Bonchev–Trinajstić information content (AvgIpc) is 3.11. The zero-order valence-corrected chi connectivity index (χ0v) is 14.1. The van der Waals surface area contributed by atoms with Crippen molar-refractivity contribution in [1.29, 1.82) is 0 Å². The summed E-state index contributed by atoms with van der Waals surface area (Å²) in [6.07, 6.45) is 3.75. The Kier molecular flexibility index (Phi) is 4.24. The number of thiophene rings is 1. The second-order valence-corrected chi connectivity index (χ2v) is 7.43. The Morgan fingerprint density at radius 3 is 2.95 bits per heavy atom. The number of fused-ring (bicyclic) bond motifs is 1. The van der Waals surface area contributed by atoms with Crippen molar-refractivity contribution in [2.45, 2.75) is 45.1 Å². The van der Waals surface area contributed by atoms with Crippen LogP contribution in [0.3, 0.4) is 0 Å². The molecule has 0 saturated carbocycles. The Hall–Kier alpha value is -1.39. The van der Waals surface area contributed by atoms with E-state index in [0.29, 0.717) is 0 Å². The van der Waals surface area contributed by atoms with Crippen LogP contribution in [-0.2, 0) is 0 Å². The first-order chi connectivity index (χ1) is 10.6. The highest BCUT2D eigenvalue weighted by Gasteiger charge is 2.42. The molecule has 1 saturated heterocycles. The third-order valence-electron chi connectivity index (χ3n) is 4.73. The summed E-state index contributed by atoms with van der Waals surface area (Å²) in [5.74, 6) is 0.0823. The van der Waals surface area contributed by atoms with Crippen LogP contribution in [0.2, 0.25) is 0 Å². The summed E-state index contributed by atoms with van der Waals surface area (Å²) in [4.78, 5) is 15.7. The molecule has 0 bridgehead atoms. The molecule has 3 rings (SSSR count). The van der Waals surface area contributed by atoms with E-state index in [1.807, 2.05) is 11.0 Å². The first kappa shape index (κ1) is 15.5. The van der Waals surface area contributed by atoms with Gasteiger partial charge in [-0.15, -0.1) is 11.3 Å². The fourth-order valence-electron chi connectivity index (χ4n) is 3.63. The van der Waals surface area contributed by atoms with Gasteiger partial charge in [0.2, 0.25) is 0 Å². The van der Waals surface area contributed by atoms with Crippen LogP contribution in [0.15, 0.2) is 24.3 Å². The third-order valence-corrected chi connectivity index (χ3v) is 5.84. The minimum absolute atomic E-state index is 0.0661. The highest BCUT2D eigenvalue weighted by Crippen LogP contribution is 2.36. The molecule has 2 heterocycles. The number of carbonyl (C=O) groups excluding carboxylic acids is 1. The van der Waals surface area contributed by atoms with Gasteiger partial charge in [0, 0.05) is 11.2 Å². The molecule has 1 unspecified atom stereocenters. The standard InChI is InChI=1S/C18H23NO2S/c1-3-7-18(12-20)8-4-9-19(18)17(21)16-11-14-10-13(2)5-6-15(14)22-16/h5-6,10-11,20H,3-4,7-9,12H2,1-2H3. The maximum atomic E-state index is 13.0. The number of hydrogen-bond acceptors (Lipinski definition) is 3. The van der Waals surface area contributed by atoms with Gasteiger partial charge in [0.05, 0.1) is 17.0 Å². The van der Waals surface area contributed by atoms with Gasteiger partial charge in [-0.25, -0.2) is 0 Å². The molecule has 2 aromatic rings. The predicted octanol–water partition coefficient (Wildman–Crippen LogP) is 3.98. The second-order valence-electron chi connectivity index (χ2n) is 6.34. The molecule has 0 aliphatic carbocycles. The number of carbonyl (C=O) groups is 1. The van der Waals surface area contributed by atoms with Crippen molar-refractivity contribution >= 4 is 27.3 Å². The van der Waals surface area contributed by atoms with Crippen molar-refractivity contribution in [3.63, 3.8) is 0 Å². The van der Waals surface area contributed by atoms with Crippen molar-refractivity contribution in [3.8, 4) is 0 Å². The van der Waals surface area contributed by atoms with Crippen LogP contribution in [0.4, 0.5) is 0 Å². The van der Waals surface area contributed by atoms with Crippen LogP contribution in [0.25, 0.3) is 10.1 Å². The van der Waals surface area contributed by atoms with E-state index < -0.39 is 0 Å². The maximum absolute atomic E-state index is 13.0. The summed E-state index contributed by atoms with van der Waals surface area (Å²) in [6.45, 7) is 5.00. The molecule has 1 aromatic heterocycles. The highest BCUT2D eigenvalue weighted by atomic mass is 32.1. The van der Waals surface area contributed by atoms with Crippen molar-refractivity contribution in [2.24, 2.45) is 0 Å². The van der Waals surface area contributed by atoms with Gasteiger partial charge in [-0.2, -0.15) is 0 Å². The molecule has 1 fully saturated rings. The van der Waals surface area contributed by atoms with E-state index in [0.717, 1.165) is 47.2 Å². The highest BCUT2D eigenvalue weighted by molar-refractivity contribution is 7.20. The lowest BCUT2D eigenvalue weighted by atomic mass is 9.91. The number of nitrogens with zero attached hydrogens (tertiary/aromatic N) is 1. The van der Waals surface area contributed by atoms with E-state index in [9.17, 15) is 9.90 Å². The zero-order valence-electron chi connectivity index (χ0n) is 13.3. The molecule has 1 aliphatic rings. The Labute approximate surface area is 135 Å². The molecular weight excluding hydrogens is 294 g/mol. The van der Waals surface area contributed by atoms with Crippen LogP contribution >= 0.6 is 11.3 Å². The summed E-state index contributed by atoms with van der Waals surface area (Å²) in [7, 11) is 0. The summed E-state index contributed by atoms with van der Waals surface area (Å²) in [5.41, 5.74) is 0.860. The topological polar surface area (TPSA) is 40.5 Å². The summed E-state index contributed by atoms with van der Waals surface area (Å²) >= 11 is 1.56. The first-order valence-electron chi connectivity index (χ1n) is 8.03. The SMILES string of the molecule is CCCC1(CO)CCCN1C(=O)c1cc2cc(C)ccc2s1. The fourth-order valence-corrected chi connectivity index (χ4v) is 4.62. The molecule has 1 atom stereocenters. The van der Waals surface area contributed by atoms with Gasteiger partial charge in [-0.3, -0.25) is 4.79 Å². The largest absolute Gasteiger partial charge is 0.394 e. The average molecular weight is 317 g/mol. The summed E-state index contributed by atoms with van der Waals surface area (Å²) < 4.78 is 1.15. The van der Waals surface area contributed by atoms with E-state index in [1.165, 1.54) is 5.56 Å². The number of hydrogen-bond donors (Lipinski definition) is 1. The minimum Gasteiger partial charge on any atom is -0.394 e. The molecule has 3 nitrogen and oxygen atoms in total. The van der Waals surface area contributed by atoms with Gasteiger partial charge in [-0.05, 0) is 43.7 Å². The second kappa shape index (κ2) is 6.01. The van der Waals surface area contributed by atoms with E-state index in [-0.39, 0.29) is 18.1 Å². The molecule has 0 spiro atoms. The number of amides is 1. The van der Waals surface area contributed by atoms with E-state index in [1.54, 1.807) is 11.3 Å². The molecule has 0 radical (unpaired) electrons. The number of benzene rings is 1. The van der Waals surface area contributed by atoms with Crippen LogP contribution in [0, 0.1) is 6.92 Å². The zero-order chi connectivity index (χ0) is 15.7. The molecule has 1 aromatic carbocycles. The van der Waals surface area contributed by atoms with Gasteiger partial charge in [-0.1, -0.05) is 31.0 Å². The first-order valence-corrected chi connectivity index (χ1v) is 8.84. The van der Waals surface area contributed by atoms with Crippen molar-refractivity contribution < 1.29 is 9.90 Å². The minimum atomic E-state index is -0.349. The number of aliphatic hydroxyl groups excluding tert-OH is 1.